The second kappa shape index (κ2) is 29.2. The maximum absolute atomic E-state index is 17.9. The molecule has 12 nitrogen and oxygen atoms in total. The van der Waals surface area contributed by atoms with Gasteiger partial charge < -0.3 is 55.2 Å². The fourth-order valence-electron chi connectivity index (χ4n) is 16.7. The van der Waals surface area contributed by atoms with Crippen molar-refractivity contribution in [1.82, 2.24) is 10.3 Å². The summed E-state index contributed by atoms with van der Waals surface area (Å²) < 4.78 is 19.2. The number of hydrogen-bond acceptors (Lipinski definition) is 15. The minimum Gasteiger partial charge on any atom is -0.508 e. The first-order valence-corrected chi connectivity index (χ1v) is 37.9. The number of ether oxygens (including phenoxy) is 3. The van der Waals surface area contributed by atoms with Crippen molar-refractivity contribution in [2.45, 2.75) is 138 Å². The van der Waals surface area contributed by atoms with Gasteiger partial charge in [-0.15, -0.1) is 0 Å². The first-order valence-electron chi connectivity index (χ1n) is 33.0. The third-order valence-electron chi connectivity index (χ3n) is 21.4. The Balaban J connectivity index is 1.05. The second-order valence-electron chi connectivity index (χ2n) is 26.5. The number of aromatic nitrogens is 1. The van der Waals surface area contributed by atoms with Gasteiger partial charge >= 0.3 is 0 Å². The normalized spacial score (nSPS) is 29.1. The topological polar surface area (TPSA) is 194 Å². The van der Waals surface area contributed by atoms with Gasteiger partial charge in [0.1, 0.15) is 11.9 Å². The number of nitrogens with one attached hydrogen (secondary N) is 2. The van der Waals surface area contributed by atoms with Crippen molar-refractivity contribution in [2.24, 2.45) is 35.5 Å². The van der Waals surface area contributed by atoms with E-state index in [1.54, 1.807) is 68.5 Å². The summed E-state index contributed by atoms with van der Waals surface area (Å²) in [5.74, 6) is -0.351. The third kappa shape index (κ3) is 13.4. The molecule has 8 N–H and O–H groups in total. The Labute approximate surface area is 552 Å². The fourth-order valence-corrected chi connectivity index (χ4v) is 22.4. The summed E-state index contributed by atoms with van der Waals surface area (Å²) in [6, 6.07) is 37.9. The maximum Gasteiger partial charge on any atom is 0.164 e. The number of carbonyl (C=O) groups excluding carboxylic acids is 1. The van der Waals surface area contributed by atoms with Crippen LogP contribution < -0.4 is 14.8 Å². The van der Waals surface area contributed by atoms with Gasteiger partial charge in [-0.25, -0.2) is 0 Å². The zero-order chi connectivity index (χ0) is 63.4. The molecule has 0 amide bonds. The number of fused-ring (bicyclic) bond motifs is 5. The number of rotatable bonds is 14. The molecule has 3 heterocycles. The number of ketones is 1. The van der Waals surface area contributed by atoms with Crippen LogP contribution in [-0.2, 0) is 52.6 Å². The van der Waals surface area contributed by atoms with Gasteiger partial charge in [0, 0.05) is 78.1 Å². The SMILES string of the molecule is CCOCC1CCC2CSSCC(C3(c4cc(O)cc(C5(NC)CCCC(Cc6ccccc6)C5)c4)C(=O)C4C(CSSC(CO)c5cccc6ccc(CC)c(c56)Cc5c(ccc(O)c5OC)CC(Cc5cc[nH]c5)C4O)CC3O)c3ccc(O)c(c3)OC2C1. The van der Waals surface area contributed by atoms with Crippen molar-refractivity contribution in [3.8, 4) is 28.7 Å². The average molecular weight is 1310 g/mol. The van der Waals surface area contributed by atoms with Gasteiger partial charge in [0.15, 0.2) is 28.8 Å². The zero-order valence-corrected chi connectivity index (χ0v) is 56.1. The van der Waals surface area contributed by atoms with Gasteiger partial charge in [0.2, 0.25) is 0 Å². The highest BCUT2D eigenvalue weighted by molar-refractivity contribution is 8.77. The monoisotopic (exact) mass is 1310 g/mol. The van der Waals surface area contributed by atoms with E-state index in [-0.39, 0.29) is 48.1 Å². The summed E-state index contributed by atoms with van der Waals surface area (Å²) >= 11 is 0. The van der Waals surface area contributed by atoms with E-state index < -0.39 is 52.1 Å². The molecule has 0 radical (unpaired) electrons. The van der Waals surface area contributed by atoms with Crippen molar-refractivity contribution in [2.75, 3.05) is 51.2 Å². The van der Waals surface area contributed by atoms with Crippen LogP contribution in [0.25, 0.3) is 10.8 Å². The van der Waals surface area contributed by atoms with Crippen LogP contribution in [0.1, 0.15) is 132 Å². The lowest BCUT2D eigenvalue weighted by atomic mass is 9.52. The van der Waals surface area contributed by atoms with E-state index in [9.17, 15) is 30.6 Å². The van der Waals surface area contributed by atoms with Gasteiger partial charge in [-0.05, 0) is 206 Å². The summed E-state index contributed by atoms with van der Waals surface area (Å²) in [5.41, 5.74) is 6.70. The van der Waals surface area contributed by atoms with E-state index in [2.05, 4.69) is 71.8 Å². The fraction of sp³-hybridized carbons (Fsp3) is 0.480. The molecule has 484 valence electrons. The Morgan fingerprint density at radius 3 is 2.37 bits per heavy atom. The molecule has 3 saturated carbocycles. The predicted octanol–water partition coefficient (Wildman–Crippen LogP) is 14.4. The lowest BCUT2D eigenvalue weighted by Gasteiger charge is -2.53. The molecule has 0 spiro atoms. The quantitative estimate of drug-likeness (QED) is 0.0479. The van der Waals surface area contributed by atoms with Crippen LogP contribution in [0, 0.1) is 35.5 Å². The molecule has 5 aliphatic rings. The molecular formula is C75H90N2O10S4. The summed E-state index contributed by atoms with van der Waals surface area (Å²) in [6.45, 7) is 5.27. The van der Waals surface area contributed by atoms with Crippen molar-refractivity contribution in [3.05, 3.63) is 183 Å². The minimum atomic E-state index is -1.79. The van der Waals surface area contributed by atoms with Crippen LogP contribution in [0.5, 0.6) is 28.7 Å². The second-order valence-corrected chi connectivity index (χ2v) is 31.7. The molecule has 91 heavy (non-hydrogen) atoms. The largest absolute Gasteiger partial charge is 0.508 e. The van der Waals surface area contributed by atoms with Gasteiger partial charge in [0.05, 0.1) is 36.6 Å². The number of benzene rings is 6. The molecule has 3 aliphatic carbocycles. The lowest BCUT2D eigenvalue weighted by molar-refractivity contribution is -0.150. The number of H-pyrrole nitrogens is 1. The van der Waals surface area contributed by atoms with Gasteiger partial charge in [-0.3, -0.25) is 4.79 Å². The van der Waals surface area contributed by atoms with Crippen molar-refractivity contribution < 1.29 is 49.6 Å². The predicted molar refractivity (Wildman–Crippen MR) is 371 cm³/mol. The Morgan fingerprint density at radius 1 is 0.780 bits per heavy atom. The van der Waals surface area contributed by atoms with E-state index in [0.29, 0.717) is 78.4 Å². The van der Waals surface area contributed by atoms with Crippen molar-refractivity contribution in [3.63, 3.8) is 0 Å². The smallest absolute Gasteiger partial charge is 0.164 e. The van der Waals surface area contributed by atoms with Gasteiger partial charge in [-0.1, -0.05) is 135 Å². The number of aliphatic hydroxyl groups excluding tert-OH is 3. The van der Waals surface area contributed by atoms with E-state index in [0.717, 1.165) is 113 Å². The number of aryl methyl sites for hydroxylation is 1. The summed E-state index contributed by atoms with van der Waals surface area (Å²) in [5, 5.41) is 81.4. The first-order chi connectivity index (χ1) is 44.3. The Hall–Kier alpha value is -5.27. The average Bonchev–Trinajstić information content (AvgIpc) is 0.864. The van der Waals surface area contributed by atoms with Crippen molar-refractivity contribution in [1.29, 1.82) is 0 Å². The Bertz CT molecular complexity index is 3630. The Morgan fingerprint density at radius 2 is 1.59 bits per heavy atom. The number of methoxy groups -OCH3 is 1. The molecule has 12 rings (SSSR count). The zero-order valence-electron chi connectivity index (χ0n) is 52.9. The molecular weight excluding hydrogens is 1220 g/mol. The first kappa shape index (κ1) is 65.8. The molecule has 0 saturated heterocycles. The molecule has 16 heteroatoms. The van der Waals surface area contributed by atoms with E-state index in [4.69, 9.17) is 14.2 Å². The van der Waals surface area contributed by atoms with Crippen LogP contribution in [0.15, 0.2) is 128 Å². The molecule has 6 aromatic carbocycles. The lowest BCUT2D eigenvalue weighted by Crippen LogP contribution is -2.62. The number of phenols is 3. The molecule has 1 aromatic heterocycles. The van der Waals surface area contributed by atoms with E-state index in [1.165, 1.54) is 5.56 Å². The molecule has 3 fully saturated rings. The van der Waals surface area contributed by atoms with E-state index in [1.807, 2.05) is 68.8 Å². The molecule has 13 unspecified atom stereocenters. The number of phenolic OH excluding ortho intramolecular Hbond substituents is 3. The molecule has 2 bridgehead atoms. The number of Topliss-reactive ketones (excluding diaryl/α,β-unsaturated/α-hetero) is 1. The summed E-state index contributed by atoms with van der Waals surface area (Å²) in [6.07, 6.45) is 10.1. The highest BCUT2D eigenvalue weighted by Gasteiger charge is 2.62. The number of carbonyl (C=O) groups is 1. The van der Waals surface area contributed by atoms with Gasteiger partial charge in [0.25, 0.3) is 0 Å². The number of aromatic hydroxyl groups is 3. The Kier molecular flexibility index (Phi) is 21.1. The maximum atomic E-state index is 17.9. The van der Waals surface area contributed by atoms with Crippen LogP contribution in [0.4, 0.5) is 0 Å². The van der Waals surface area contributed by atoms with E-state index >= 15 is 4.79 Å². The minimum absolute atomic E-state index is 0.00266. The number of hydrogen-bond donors (Lipinski definition) is 8. The van der Waals surface area contributed by atoms with Crippen molar-refractivity contribution >= 4 is 59.7 Å². The highest BCUT2D eigenvalue weighted by Crippen LogP contribution is 2.58. The third-order valence-corrected chi connectivity index (χ3v) is 26.7. The van der Waals surface area contributed by atoms with Crippen LogP contribution in [0.2, 0.25) is 0 Å². The summed E-state index contributed by atoms with van der Waals surface area (Å²) in [4.78, 5) is 21.1. The molecule has 2 aliphatic heterocycles. The van der Waals surface area contributed by atoms with Gasteiger partial charge in [-0.2, -0.15) is 0 Å². The molecule has 13 atom stereocenters. The highest BCUT2D eigenvalue weighted by atomic mass is 33.1. The van der Waals surface area contributed by atoms with Crippen LogP contribution >= 0.6 is 43.2 Å². The summed E-state index contributed by atoms with van der Waals surface area (Å²) in [7, 11) is 10.1. The number of aliphatic hydroxyl groups is 3. The standard InChI is InChI=1S/C75H90N2O10S4/c1-5-49-19-20-50-15-10-16-59-67(40-78)91-90-43-55-33-68(82)75(57-34-56(35-58(79)36-57)74(76-3)26-11-14-46(38-74)28-45-12-8-7-9-13-45,62-44-89-88-42-53-18-17-48(41-86-6-2)30-65(53)87-66-32-52(62)22-23-63(66)80)73(84)70(55)71(83)54(29-47-25-27-77-39-47)31-51-21-24-64(81)72(85-4)61(51)37-60(49)69(50)59/h7-10,12-13,15-16,19-25,27,32,34-36,39,46,48,53-55,62,65,67-68,70-71,76-83H,5-6,11,14,17-18,26,28-31,33,37-38,40-44H2,1-4H3. The molecule has 7 aromatic rings. The van der Waals surface area contributed by atoms with Crippen LogP contribution in [0.3, 0.4) is 0 Å². The van der Waals surface area contributed by atoms with Crippen LogP contribution in [-0.4, -0.2) is 111 Å². The number of aromatic amines is 1.